The molecule has 0 saturated heterocycles. The highest BCUT2D eigenvalue weighted by atomic mass is 35.5. The fourth-order valence-corrected chi connectivity index (χ4v) is 2.49. The van der Waals surface area contributed by atoms with Crippen molar-refractivity contribution in [1.82, 2.24) is 18.7 Å². The minimum Gasteiger partial charge on any atom is -0.376 e. The highest BCUT2D eigenvalue weighted by Gasteiger charge is 2.10. The van der Waals surface area contributed by atoms with Crippen molar-refractivity contribution in [2.24, 2.45) is 0 Å². The highest BCUT2D eigenvalue weighted by molar-refractivity contribution is 7.00. The summed E-state index contributed by atoms with van der Waals surface area (Å²) in [5.41, 5.74) is 4.48. The average molecular weight is 280 g/mol. The molecule has 0 bridgehead atoms. The molecule has 0 aliphatic rings. The summed E-state index contributed by atoms with van der Waals surface area (Å²) in [5, 5.41) is 3.92. The number of hydrogen-bond acceptors (Lipinski definition) is 5. The van der Waals surface area contributed by atoms with Crippen LogP contribution in [0, 0.1) is 6.92 Å². The van der Waals surface area contributed by atoms with Gasteiger partial charge in [0.15, 0.2) is 0 Å². The maximum absolute atomic E-state index is 6.19. The molecular weight excluding hydrogens is 270 g/mol. The number of fused-ring (bicyclic) bond motifs is 1. The van der Waals surface area contributed by atoms with E-state index in [9.17, 15) is 0 Å². The number of benzene rings is 1. The summed E-state index contributed by atoms with van der Waals surface area (Å²) in [6.45, 7) is 2.59. The third-order valence-corrected chi connectivity index (χ3v) is 3.60. The van der Waals surface area contributed by atoms with Crippen molar-refractivity contribution < 1.29 is 0 Å². The molecule has 18 heavy (non-hydrogen) atoms. The summed E-state index contributed by atoms with van der Waals surface area (Å²) in [4.78, 5) is 7.28. The van der Waals surface area contributed by atoms with Gasteiger partial charge in [0.1, 0.15) is 11.0 Å². The smallest absolute Gasteiger partial charge is 0.129 e. The lowest BCUT2D eigenvalue weighted by atomic mass is 10.2. The lowest BCUT2D eigenvalue weighted by molar-refractivity contribution is 1.05. The Hall–Kier alpha value is -1.66. The van der Waals surface area contributed by atoms with Gasteiger partial charge in [-0.1, -0.05) is 11.6 Å². The van der Waals surface area contributed by atoms with Crippen molar-refractivity contribution in [2.75, 3.05) is 5.32 Å². The zero-order valence-electron chi connectivity index (χ0n) is 9.57. The Morgan fingerprint density at radius 3 is 3.06 bits per heavy atom. The Kier molecular flexibility index (Phi) is 2.89. The van der Waals surface area contributed by atoms with Crippen LogP contribution in [0.2, 0.25) is 5.02 Å². The second-order valence-electron chi connectivity index (χ2n) is 3.88. The number of halogens is 1. The number of hydrogen-bond donors (Lipinski definition) is 2. The molecule has 0 amide bonds. The molecule has 3 rings (SSSR count). The molecule has 0 fully saturated rings. The van der Waals surface area contributed by atoms with Crippen LogP contribution in [0.5, 0.6) is 0 Å². The molecule has 0 saturated carbocycles. The van der Waals surface area contributed by atoms with Crippen LogP contribution in [0.1, 0.15) is 11.4 Å². The second kappa shape index (κ2) is 4.55. The number of aryl methyl sites for hydroxylation is 1. The number of imidazole rings is 1. The predicted molar refractivity (Wildman–Crippen MR) is 73.1 cm³/mol. The summed E-state index contributed by atoms with van der Waals surface area (Å²) in [5.74, 6) is 0. The van der Waals surface area contributed by atoms with Crippen LogP contribution < -0.4 is 5.32 Å². The van der Waals surface area contributed by atoms with Crippen LogP contribution in [-0.2, 0) is 6.54 Å². The van der Waals surface area contributed by atoms with Gasteiger partial charge in [-0.05, 0) is 19.1 Å². The van der Waals surface area contributed by atoms with Gasteiger partial charge in [0.25, 0.3) is 0 Å². The molecule has 0 aliphatic carbocycles. The van der Waals surface area contributed by atoms with Crippen LogP contribution >= 0.6 is 23.3 Å². The molecule has 2 aromatic heterocycles. The van der Waals surface area contributed by atoms with Crippen LogP contribution in [0.25, 0.3) is 11.0 Å². The summed E-state index contributed by atoms with van der Waals surface area (Å²) < 4.78 is 8.45. The van der Waals surface area contributed by atoms with Gasteiger partial charge in [0, 0.05) is 5.69 Å². The third kappa shape index (κ3) is 1.93. The molecule has 2 heterocycles. The molecule has 3 aromatic rings. The number of H-pyrrole nitrogens is 1. The molecule has 5 nitrogen and oxygen atoms in total. The van der Waals surface area contributed by atoms with E-state index < -0.39 is 0 Å². The van der Waals surface area contributed by atoms with Gasteiger partial charge >= 0.3 is 0 Å². The number of nitrogens with zero attached hydrogens (tertiary/aromatic N) is 3. The Balaban J connectivity index is 1.92. The van der Waals surface area contributed by atoms with E-state index in [-0.39, 0.29) is 0 Å². The van der Waals surface area contributed by atoms with Crippen molar-refractivity contribution in [3.63, 3.8) is 0 Å². The van der Waals surface area contributed by atoms with Crippen molar-refractivity contribution in [2.45, 2.75) is 13.5 Å². The lowest BCUT2D eigenvalue weighted by Gasteiger charge is -2.07. The minimum atomic E-state index is 0.603. The van der Waals surface area contributed by atoms with E-state index in [4.69, 9.17) is 11.6 Å². The quantitative estimate of drug-likeness (QED) is 0.773. The SMILES string of the molecule is Cc1[nH]cnc1CNc1c(Cl)ccc2nsnc12. The minimum absolute atomic E-state index is 0.603. The molecule has 0 atom stereocenters. The number of nitrogens with one attached hydrogen (secondary N) is 2. The van der Waals surface area contributed by atoms with Crippen molar-refractivity contribution in [3.8, 4) is 0 Å². The van der Waals surface area contributed by atoms with E-state index in [0.717, 1.165) is 28.1 Å². The summed E-state index contributed by atoms with van der Waals surface area (Å²) in [7, 11) is 0. The molecule has 7 heteroatoms. The zero-order chi connectivity index (χ0) is 12.5. The van der Waals surface area contributed by atoms with Gasteiger partial charge in [-0.25, -0.2) is 4.98 Å². The molecule has 0 aliphatic heterocycles. The Labute approximate surface area is 113 Å². The monoisotopic (exact) mass is 279 g/mol. The lowest BCUT2D eigenvalue weighted by Crippen LogP contribution is -2.02. The fraction of sp³-hybridized carbons (Fsp3) is 0.182. The van der Waals surface area contributed by atoms with E-state index in [1.807, 2.05) is 19.1 Å². The topological polar surface area (TPSA) is 66.5 Å². The van der Waals surface area contributed by atoms with E-state index in [1.54, 1.807) is 6.33 Å². The number of rotatable bonds is 3. The van der Waals surface area contributed by atoms with Gasteiger partial charge < -0.3 is 10.3 Å². The average Bonchev–Trinajstić information content (AvgIpc) is 2.97. The standard InChI is InChI=1S/C11H10ClN5S/c1-6-9(15-5-14-6)4-13-10-7(12)2-3-8-11(10)17-18-16-8/h2-3,5,13H,4H2,1H3,(H,14,15). The zero-order valence-corrected chi connectivity index (χ0v) is 11.1. The maximum Gasteiger partial charge on any atom is 0.129 e. The molecule has 0 unspecified atom stereocenters. The van der Waals surface area contributed by atoms with Crippen molar-refractivity contribution in [3.05, 3.63) is 34.9 Å². The molecule has 1 aromatic carbocycles. The van der Waals surface area contributed by atoms with Crippen LogP contribution in [0.3, 0.4) is 0 Å². The molecule has 0 radical (unpaired) electrons. The van der Waals surface area contributed by atoms with Crippen LogP contribution in [0.4, 0.5) is 5.69 Å². The Bertz CT molecular complexity index is 690. The van der Waals surface area contributed by atoms with Crippen molar-refractivity contribution >= 4 is 40.0 Å². The second-order valence-corrected chi connectivity index (χ2v) is 4.82. The van der Waals surface area contributed by atoms with Crippen LogP contribution in [0.15, 0.2) is 18.5 Å². The molecule has 2 N–H and O–H groups in total. The first kappa shape index (κ1) is 11.4. The van der Waals surface area contributed by atoms with Gasteiger partial charge in [-0.3, -0.25) is 0 Å². The van der Waals surface area contributed by atoms with Gasteiger partial charge in [-0.2, -0.15) is 8.75 Å². The first-order valence-electron chi connectivity index (χ1n) is 5.39. The summed E-state index contributed by atoms with van der Waals surface area (Å²) in [6, 6.07) is 3.69. The van der Waals surface area contributed by atoms with Crippen LogP contribution in [-0.4, -0.2) is 18.7 Å². The van der Waals surface area contributed by atoms with Gasteiger partial charge in [0.2, 0.25) is 0 Å². The Morgan fingerprint density at radius 2 is 2.28 bits per heavy atom. The van der Waals surface area contributed by atoms with Gasteiger partial charge in [-0.15, -0.1) is 0 Å². The maximum atomic E-state index is 6.19. The molecular formula is C11H10ClN5S. The highest BCUT2D eigenvalue weighted by Crippen LogP contribution is 2.30. The first-order valence-corrected chi connectivity index (χ1v) is 6.50. The van der Waals surface area contributed by atoms with E-state index in [1.165, 1.54) is 11.7 Å². The summed E-state index contributed by atoms with van der Waals surface area (Å²) >= 11 is 7.37. The predicted octanol–water partition coefficient (Wildman–Crippen LogP) is 2.99. The largest absolute Gasteiger partial charge is 0.376 e. The van der Waals surface area contributed by atoms with E-state index >= 15 is 0 Å². The fourth-order valence-electron chi connectivity index (χ4n) is 1.73. The molecule has 0 spiro atoms. The van der Waals surface area contributed by atoms with E-state index in [2.05, 4.69) is 24.0 Å². The summed E-state index contributed by atoms with van der Waals surface area (Å²) in [6.07, 6.45) is 1.68. The molecule has 92 valence electrons. The number of anilines is 1. The van der Waals surface area contributed by atoms with E-state index in [0.29, 0.717) is 11.6 Å². The van der Waals surface area contributed by atoms with Gasteiger partial charge in [0.05, 0.1) is 41.0 Å². The van der Waals surface area contributed by atoms with Crippen molar-refractivity contribution in [1.29, 1.82) is 0 Å². The Morgan fingerprint density at radius 1 is 1.39 bits per heavy atom. The number of aromatic amines is 1. The normalized spacial score (nSPS) is 11.0. The number of aromatic nitrogens is 4. The third-order valence-electron chi connectivity index (χ3n) is 2.74. The first-order chi connectivity index (χ1) is 8.75.